The van der Waals surface area contributed by atoms with Crippen molar-refractivity contribution in [2.24, 2.45) is 0 Å². The molecule has 0 radical (unpaired) electrons. The third-order valence-electron chi connectivity index (χ3n) is 2.36. The monoisotopic (exact) mass is 229 g/mol. The maximum absolute atomic E-state index is 5.77. The molecule has 3 N–H and O–H groups in total. The summed E-state index contributed by atoms with van der Waals surface area (Å²) in [6.07, 6.45) is 1.77. The first kappa shape index (κ1) is 11.3. The summed E-state index contributed by atoms with van der Waals surface area (Å²) in [6.45, 7) is 0.660. The van der Waals surface area contributed by atoms with Crippen molar-refractivity contribution in [1.29, 1.82) is 0 Å². The minimum atomic E-state index is 0.660. The lowest BCUT2D eigenvalue weighted by Crippen LogP contribution is -2.02. The Morgan fingerprint density at radius 2 is 2.18 bits per heavy atom. The van der Waals surface area contributed by atoms with Crippen LogP contribution >= 0.6 is 0 Å². The summed E-state index contributed by atoms with van der Waals surface area (Å²) in [5, 5.41) is 3.25. The highest BCUT2D eigenvalue weighted by atomic mass is 16.5. The van der Waals surface area contributed by atoms with Crippen molar-refractivity contribution < 1.29 is 4.74 Å². The molecule has 0 atom stereocenters. The van der Waals surface area contributed by atoms with Crippen molar-refractivity contribution in [3.05, 3.63) is 48.3 Å². The van der Waals surface area contributed by atoms with Gasteiger partial charge >= 0.3 is 0 Å². The van der Waals surface area contributed by atoms with Gasteiger partial charge in [0, 0.05) is 29.7 Å². The van der Waals surface area contributed by atoms with E-state index in [0.717, 1.165) is 17.1 Å². The van der Waals surface area contributed by atoms with E-state index in [1.54, 1.807) is 19.4 Å². The lowest BCUT2D eigenvalue weighted by molar-refractivity contribution is 0.415. The smallest absolute Gasteiger partial charge is 0.122 e. The topological polar surface area (TPSA) is 60.2 Å². The highest BCUT2D eigenvalue weighted by Crippen LogP contribution is 2.22. The highest BCUT2D eigenvalue weighted by molar-refractivity contribution is 5.59. The van der Waals surface area contributed by atoms with Gasteiger partial charge in [-0.1, -0.05) is 6.07 Å². The van der Waals surface area contributed by atoms with Crippen LogP contribution in [0.2, 0.25) is 0 Å². The van der Waals surface area contributed by atoms with Gasteiger partial charge in [0.15, 0.2) is 0 Å². The van der Waals surface area contributed by atoms with Gasteiger partial charge in [0.25, 0.3) is 0 Å². The molecule has 0 unspecified atom stereocenters. The molecule has 17 heavy (non-hydrogen) atoms. The van der Waals surface area contributed by atoms with Crippen molar-refractivity contribution in [2.45, 2.75) is 6.54 Å². The summed E-state index contributed by atoms with van der Waals surface area (Å²) in [6, 6.07) is 11.4. The number of pyridine rings is 1. The zero-order chi connectivity index (χ0) is 12.1. The number of benzene rings is 1. The fraction of sp³-hybridized carbons (Fsp3) is 0.154. The number of anilines is 2. The molecule has 1 aromatic heterocycles. The first-order chi connectivity index (χ1) is 8.28. The SMILES string of the molecule is COc1cc(N)cc(NCc2ccccn2)c1. The molecule has 2 rings (SSSR count). The Morgan fingerprint density at radius 1 is 1.29 bits per heavy atom. The van der Waals surface area contributed by atoms with Crippen LogP contribution in [0.5, 0.6) is 5.75 Å². The van der Waals surface area contributed by atoms with Crippen LogP contribution < -0.4 is 15.8 Å². The van der Waals surface area contributed by atoms with Crippen molar-refractivity contribution in [2.75, 3.05) is 18.2 Å². The summed E-state index contributed by atoms with van der Waals surface area (Å²) < 4.78 is 5.15. The number of hydrogen-bond donors (Lipinski definition) is 2. The summed E-state index contributed by atoms with van der Waals surface area (Å²) in [5.41, 5.74) is 8.35. The molecule has 0 bridgehead atoms. The van der Waals surface area contributed by atoms with Gasteiger partial charge < -0.3 is 15.8 Å². The van der Waals surface area contributed by atoms with Crippen LogP contribution in [0.1, 0.15) is 5.69 Å². The van der Waals surface area contributed by atoms with Crippen LogP contribution in [-0.2, 0) is 6.54 Å². The van der Waals surface area contributed by atoms with E-state index >= 15 is 0 Å². The lowest BCUT2D eigenvalue weighted by atomic mass is 10.2. The number of nitrogens with one attached hydrogen (secondary N) is 1. The van der Waals surface area contributed by atoms with E-state index in [2.05, 4.69) is 10.3 Å². The van der Waals surface area contributed by atoms with E-state index in [4.69, 9.17) is 10.5 Å². The molecule has 0 saturated heterocycles. The minimum absolute atomic E-state index is 0.660. The van der Waals surface area contributed by atoms with Gasteiger partial charge in [-0.15, -0.1) is 0 Å². The molecule has 1 heterocycles. The Labute approximate surface area is 100 Å². The Bertz CT molecular complexity index is 485. The lowest BCUT2D eigenvalue weighted by Gasteiger charge is -2.09. The number of rotatable bonds is 4. The van der Waals surface area contributed by atoms with E-state index in [1.165, 1.54) is 0 Å². The molecule has 4 heteroatoms. The number of nitrogens with zero attached hydrogens (tertiary/aromatic N) is 1. The van der Waals surface area contributed by atoms with E-state index in [1.807, 2.05) is 30.3 Å². The predicted octanol–water partition coefficient (Wildman–Crippen LogP) is 2.28. The van der Waals surface area contributed by atoms with Crippen LogP contribution in [0.4, 0.5) is 11.4 Å². The van der Waals surface area contributed by atoms with Crippen molar-refractivity contribution in [3.8, 4) is 5.75 Å². The Morgan fingerprint density at radius 3 is 2.88 bits per heavy atom. The fourth-order valence-electron chi connectivity index (χ4n) is 1.54. The maximum Gasteiger partial charge on any atom is 0.122 e. The first-order valence-corrected chi connectivity index (χ1v) is 5.36. The molecule has 0 saturated carbocycles. The maximum atomic E-state index is 5.77. The standard InChI is InChI=1S/C13H15N3O/c1-17-13-7-10(14)6-12(8-13)16-9-11-4-2-3-5-15-11/h2-8,16H,9,14H2,1H3. The van der Waals surface area contributed by atoms with Crippen LogP contribution in [0.25, 0.3) is 0 Å². The average Bonchev–Trinajstić information content (AvgIpc) is 2.37. The van der Waals surface area contributed by atoms with Crippen LogP contribution in [0.15, 0.2) is 42.6 Å². The number of nitrogen functional groups attached to an aromatic ring is 1. The van der Waals surface area contributed by atoms with Crippen molar-refractivity contribution >= 4 is 11.4 Å². The van der Waals surface area contributed by atoms with Gasteiger partial charge in [-0.05, 0) is 18.2 Å². The zero-order valence-corrected chi connectivity index (χ0v) is 9.68. The molecular formula is C13H15N3O. The van der Waals surface area contributed by atoms with Gasteiger partial charge in [-0.2, -0.15) is 0 Å². The quantitative estimate of drug-likeness (QED) is 0.790. The number of nitrogens with two attached hydrogens (primary N) is 1. The van der Waals surface area contributed by atoms with E-state index in [-0.39, 0.29) is 0 Å². The molecular weight excluding hydrogens is 214 g/mol. The number of methoxy groups -OCH3 is 1. The molecule has 0 amide bonds. The molecule has 0 aliphatic carbocycles. The molecule has 0 fully saturated rings. The fourth-order valence-corrected chi connectivity index (χ4v) is 1.54. The van der Waals surface area contributed by atoms with Crippen molar-refractivity contribution in [3.63, 3.8) is 0 Å². The van der Waals surface area contributed by atoms with Crippen LogP contribution in [0.3, 0.4) is 0 Å². The second-order valence-corrected chi connectivity index (χ2v) is 3.67. The largest absolute Gasteiger partial charge is 0.497 e. The van der Waals surface area contributed by atoms with E-state index in [9.17, 15) is 0 Å². The molecule has 2 aromatic rings. The number of ether oxygens (including phenoxy) is 1. The molecule has 1 aromatic carbocycles. The molecule has 0 aliphatic heterocycles. The highest BCUT2D eigenvalue weighted by Gasteiger charge is 1.99. The summed E-state index contributed by atoms with van der Waals surface area (Å²) in [5.74, 6) is 0.744. The Kier molecular flexibility index (Phi) is 3.45. The molecule has 0 aliphatic rings. The molecule has 88 valence electrons. The van der Waals surface area contributed by atoms with E-state index < -0.39 is 0 Å². The zero-order valence-electron chi connectivity index (χ0n) is 9.68. The third kappa shape index (κ3) is 3.11. The summed E-state index contributed by atoms with van der Waals surface area (Å²) >= 11 is 0. The molecule has 4 nitrogen and oxygen atoms in total. The van der Waals surface area contributed by atoms with Gasteiger partial charge in [0.05, 0.1) is 19.3 Å². The summed E-state index contributed by atoms with van der Waals surface area (Å²) in [4.78, 5) is 4.23. The predicted molar refractivity (Wildman–Crippen MR) is 69.0 cm³/mol. The second-order valence-electron chi connectivity index (χ2n) is 3.67. The Balaban J connectivity index is 2.06. The Hall–Kier alpha value is -2.23. The first-order valence-electron chi connectivity index (χ1n) is 5.36. The van der Waals surface area contributed by atoms with Crippen LogP contribution in [-0.4, -0.2) is 12.1 Å². The minimum Gasteiger partial charge on any atom is -0.497 e. The summed E-state index contributed by atoms with van der Waals surface area (Å²) in [7, 11) is 1.62. The molecule has 0 spiro atoms. The van der Waals surface area contributed by atoms with Crippen LogP contribution in [0, 0.1) is 0 Å². The van der Waals surface area contributed by atoms with E-state index in [0.29, 0.717) is 12.2 Å². The number of hydrogen-bond acceptors (Lipinski definition) is 4. The average molecular weight is 229 g/mol. The number of aromatic nitrogens is 1. The second kappa shape index (κ2) is 5.21. The third-order valence-corrected chi connectivity index (χ3v) is 2.36. The van der Waals surface area contributed by atoms with Gasteiger partial charge in [0.2, 0.25) is 0 Å². The van der Waals surface area contributed by atoms with Gasteiger partial charge in [-0.3, -0.25) is 4.98 Å². The van der Waals surface area contributed by atoms with Crippen molar-refractivity contribution in [1.82, 2.24) is 4.98 Å². The normalized spacial score (nSPS) is 9.94. The van der Waals surface area contributed by atoms with Gasteiger partial charge in [0.1, 0.15) is 5.75 Å². The van der Waals surface area contributed by atoms with Gasteiger partial charge in [-0.25, -0.2) is 0 Å².